The van der Waals surface area contributed by atoms with Crippen LogP contribution in [0.15, 0.2) is 24.3 Å². The lowest BCUT2D eigenvalue weighted by Crippen LogP contribution is -2.24. The summed E-state index contributed by atoms with van der Waals surface area (Å²) in [6, 6.07) is 10.2. The van der Waals surface area contributed by atoms with Crippen molar-refractivity contribution in [3.05, 3.63) is 35.4 Å². The van der Waals surface area contributed by atoms with E-state index in [0.29, 0.717) is 11.8 Å². The third-order valence-corrected chi connectivity index (χ3v) is 3.22. The van der Waals surface area contributed by atoms with Crippen LogP contribution in [0, 0.1) is 17.2 Å². The van der Waals surface area contributed by atoms with Crippen molar-refractivity contribution in [2.45, 2.75) is 26.2 Å². The van der Waals surface area contributed by atoms with Gasteiger partial charge in [-0.2, -0.15) is 5.26 Å². The maximum absolute atomic E-state index is 8.94. The number of hydrogen-bond acceptors (Lipinski definition) is 2. The minimum Gasteiger partial charge on any atom is -0.309 e. The predicted molar refractivity (Wildman–Crippen MR) is 71.9 cm³/mol. The second-order valence-electron chi connectivity index (χ2n) is 4.99. The highest BCUT2D eigenvalue weighted by Gasteiger charge is 2.18. The molecule has 2 nitrogen and oxygen atoms in total. The van der Waals surface area contributed by atoms with Gasteiger partial charge in [0.2, 0.25) is 0 Å². The predicted octanol–water partition coefficient (Wildman–Crippen LogP) is 3.25. The van der Waals surface area contributed by atoms with E-state index >= 15 is 0 Å². The fraction of sp³-hybridized carbons (Fsp3) is 0.533. The number of hydrogen-bond donors (Lipinski definition) is 0. The lowest BCUT2D eigenvalue weighted by atomic mass is 9.84. The van der Waals surface area contributed by atoms with E-state index in [4.69, 9.17) is 5.26 Å². The summed E-state index contributed by atoms with van der Waals surface area (Å²) in [7, 11) is 4.21. The molecule has 0 aliphatic rings. The second-order valence-corrected chi connectivity index (χ2v) is 4.99. The van der Waals surface area contributed by atoms with Gasteiger partial charge in [0.25, 0.3) is 0 Å². The summed E-state index contributed by atoms with van der Waals surface area (Å²) in [6.45, 7) is 5.58. The first kappa shape index (κ1) is 13.7. The number of nitriles is 1. The van der Waals surface area contributed by atoms with Gasteiger partial charge in [0.05, 0.1) is 11.6 Å². The molecule has 17 heavy (non-hydrogen) atoms. The van der Waals surface area contributed by atoms with Crippen molar-refractivity contribution in [3.63, 3.8) is 0 Å². The molecule has 0 saturated heterocycles. The molecule has 0 N–H and O–H groups in total. The summed E-state index contributed by atoms with van der Waals surface area (Å²) in [5, 5.41) is 8.94. The van der Waals surface area contributed by atoms with Crippen LogP contribution in [0.3, 0.4) is 0 Å². The summed E-state index contributed by atoms with van der Waals surface area (Å²) in [5.74, 6) is 1.13. The van der Waals surface area contributed by atoms with Gasteiger partial charge in [-0.3, -0.25) is 0 Å². The molecule has 0 radical (unpaired) electrons. The first-order chi connectivity index (χ1) is 8.08. The monoisotopic (exact) mass is 230 g/mol. The Kier molecular flexibility index (Phi) is 5.18. The Bertz CT molecular complexity index is 390. The normalized spacial score (nSPS) is 14.4. The Balaban J connectivity index is 2.89. The fourth-order valence-corrected chi connectivity index (χ4v) is 2.51. The molecule has 1 rings (SSSR count). The van der Waals surface area contributed by atoms with E-state index in [0.717, 1.165) is 18.5 Å². The van der Waals surface area contributed by atoms with Crippen molar-refractivity contribution in [2.75, 3.05) is 20.6 Å². The Hall–Kier alpha value is -1.33. The molecule has 2 heteroatoms. The maximum Gasteiger partial charge on any atom is 0.0991 e. The zero-order valence-electron chi connectivity index (χ0n) is 11.3. The van der Waals surface area contributed by atoms with Crippen molar-refractivity contribution in [1.29, 1.82) is 5.26 Å². The van der Waals surface area contributed by atoms with Gasteiger partial charge in [-0.15, -0.1) is 0 Å². The average Bonchev–Trinajstić information content (AvgIpc) is 2.29. The quantitative estimate of drug-likeness (QED) is 0.776. The lowest BCUT2D eigenvalue weighted by Gasteiger charge is -2.26. The standard InChI is InChI=1S/C15H22N2/c1-5-15(12(2)11-17(3)4)14-8-6-7-13(9-14)10-16/h6-9,12,15H,5,11H2,1-4H3/t12-,15?/m0/s1. The highest BCUT2D eigenvalue weighted by molar-refractivity contribution is 5.34. The number of rotatable bonds is 5. The summed E-state index contributed by atoms with van der Waals surface area (Å²) in [4.78, 5) is 2.22. The van der Waals surface area contributed by atoms with Gasteiger partial charge in [-0.05, 0) is 50.0 Å². The molecule has 0 bridgehead atoms. The van der Waals surface area contributed by atoms with E-state index < -0.39 is 0 Å². The van der Waals surface area contributed by atoms with Gasteiger partial charge in [0.1, 0.15) is 0 Å². The minimum absolute atomic E-state index is 0.533. The smallest absolute Gasteiger partial charge is 0.0991 e. The molecule has 0 spiro atoms. The van der Waals surface area contributed by atoms with Gasteiger partial charge in [-0.25, -0.2) is 0 Å². The zero-order chi connectivity index (χ0) is 12.8. The van der Waals surface area contributed by atoms with Gasteiger partial charge >= 0.3 is 0 Å². The summed E-state index contributed by atoms with van der Waals surface area (Å²) >= 11 is 0. The Labute approximate surface area is 105 Å². The average molecular weight is 230 g/mol. The van der Waals surface area contributed by atoms with Crippen LogP contribution in [0.5, 0.6) is 0 Å². The van der Waals surface area contributed by atoms with E-state index in [9.17, 15) is 0 Å². The van der Waals surface area contributed by atoms with Crippen LogP contribution < -0.4 is 0 Å². The van der Waals surface area contributed by atoms with Crippen LogP contribution in [0.1, 0.15) is 37.3 Å². The molecule has 2 atom stereocenters. The lowest BCUT2D eigenvalue weighted by molar-refractivity contribution is 0.301. The Morgan fingerprint density at radius 2 is 2.06 bits per heavy atom. The SMILES string of the molecule is CCC(c1cccc(C#N)c1)[C@@H](C)CN(C)C. The Morgan fingerprint density at radius 3 is 2.59 bits per heavy atom. The summed E-state index contributed by atoms with van der Waals surface area (Å²) < 4.78 is 0. The topological polar surface area (TPSA) is 27.0 Å². The number of benzene rings is 1. The summed E-state index contributed by atoms with van der Waals surface area (Å²) in [6.07, 6.45) is 1.11. The molecule has 0 heterocycles. The van der Waals surface area contributed by atoms with Crippen molar-refractivity contribution >= 4 is 0 Å². The van der Waals surface area contributed by atoms with Crippen LogP contribution in [0.4, 0.5) is 0 Å². The van der Waals surface area contributed by atoms with Gasteiger partial charge in [0, 0.05) is 6.54 Å². The van der Waals surface area contributed by atoms with E-state index in [1.807, 2.05) is 18.2 Å². The fourth-order valence-electron chi connectivity index (χ4n) is 2.51. The Morgan fingerprint density at radius 1 is 1.35 bits per heavy atom. The van der Waals surface area contributed by atoms with E-state index in [1.165, 1.54) is 5.56 Å². The van der Waals surface area contributed by atoms with E-state index in [1.54, 1.807) is 0 Å². The molecule has 0 fully saturated rings. The maximum atomic E-state index is 8.94. The van der Waals surface area contributed by atoms with Crippen LogP contribution in [0.25, 0.3) is 0 Å². The van der Waals surface area contributed by atoms with Gasteiger partial charge < -0.3 is 4.90 Å². The van der Waals surface area contributed by atoms with Crippen LogP contribution in [-0.2, 0) is 0 Å². The molecular weight excluding hydrogens is 208 g/mol. The highest BCUT2D eigenvalue weighted by atomic mass is 15.1. The van der Waals surface area contributed by atoms with Gasteiger partial charge in [0.15, 0.2) is 0 Å². The number of nitrogens with zero attached hydrogens (tertiary/aromatic N) is 2. The van der Waals surface area contributed by atoms with Crippen LogP contribution in [-0.4, -0.2) is 25.5 Å². The van der Waals surface area contributed by atoms with Crippen molar-refractivity contribution < 1.29 is 0 Å². The summed E-state index contributed by atoms with van der Waals surface area (Å²) in [5.41, 5.74) is 2.05. The van der Waals surface area contributed by atoms with Crippen molar-refractivity contribution in [2.24, 2.45) is 5.92 Å². The molecular formula is C15H22N2. The second kappa shape index (κ2) is 6.42. The largest absolute Gasteiger partial charge is 0.309 e. The molecule has 1 aromatic carbocycles. The van der Waals surface area contributed by atoms with E-state index in [2.05, 4.69) is 45.0 Å². The van der Waals surface area contributed by atoms with Gasteiger partial charge in [-0.1, -0.05) is 26.0 Å². The third kappa shape index (κ3) is 3.87. The molecule has 0 aromatic heterocycles. The first-order valence-corrected chi connectivity index (χ1v) is 6.23. The molecule has 1 unspecified atom stereocenters. The molecule has 0 aliphatic carbocycles. The minimum atomic E-state index is 0.533. The highest BCUT2D eigenvalue weighted by Crippen LogP contribution is 2.28. The zero-order valence-corrected chi connectivity index (χ0v) is 11.3. The molecule has 92 valence electrons. The molecule has 0 saturated carbocycles. The first-order valence-electron chi connectivity index (χ1n) is 6.23. The van der Waals surface area contributed by atoms with Crippen LogP contribution >= 0.6 is 0 Å². The molecule has 1 aromatic rings. The van der Waals surface area contributed by atoms with E-state index in [-0.39, 0.29) is 0 Å². The molecule has 0 amide bonds. The van der Waals surface area contributed by atoms with Crippen molar-refractivity contribution in [3.8, 4) is 6.07 Å². The van der Waals surface area contributed by atoms with Crippen molar-refractivity contribution in [1.82, 2.24) is 4.90 Å². The van der Waals surface area contributed by atoms with Crippen LogP contribution in [0.2, 0.25) is 0 Å². The molecule has 0 aliphatic heterocycles. The third-order valence-electron chi connectivity index (χ3n) is 3.22.